The fraction of sp³-hybridized carbons (Fsp3) is 0.231. The van der Waals surface area contributed by atoms with E-state index in [9.17, 15) is 9.59 Å². The smallest absolute Gasteiger partial charge is 0.338 e. The summed E-state index contributed by atoms with van der Waals surface area (Å²) in [5.41, 5.74) is 0.267. The zero-order chi connectivity index (χ0) is 13.7. The van der Waals surface area contributed by atoms with Crippen LogP contribution in [-0.4, -0.2) is 11.9 Å². The lowest BCUT2D eigenvalue weighted by molar-refractivity contribution is -0.142. The molecule has 1 heterocycles. The quantitative estimate of drug-likeness (QED) is 0.456. The van der Waals surface area contributed by atoms with Crippen molar-refractivity contribution < 1.29 is 23.5 Å². The first-order valence-corrected chi connectivity index (χ1v) is 5.19. The van der Waals surface area contributed by atoms with Crippen LogP contribution in [0.2, 0.25) is 0 Å². The van der Waals surface area contributed by atoms with Gasteiger partial charge in [0.2, 0.25) is 0 Å². The van der Waals surface area contributed by atoms with Crippen molar-refractivity contribution in [1.29, 1.82) is 0 Å². The number of carbonyl (C=O) groups is 2. The van der Waals surface area contributed by atoms with Gasteiger partial charge in [-0.2, -0.15) is 0 Å². The van der Waals surface area contributed by atoms with Gasteiger partial charge in [0.15, 0.2) is 11.5 Å². The number of rotatable bonds is 5. The molecule has 0 fully saturated rings. The van der Waals surface area contributed by atoms with Crippen LogP contribution in [0.25, 0.3) is 5.76 Å². The summed E-state index contributed by atoms with van der Waals surface area (Å²) in [7, 11) is 0. The number of carbonyl (C=O) groups excluding carboxylic acids is 2. The second-order valence-corrected chi connectivity index (χ2v) is 3.64. The Morgan fingerprint density at radius 3 is 2.50 bits per heavy atom. The fourth-order valence-corrected chi connectivity index (χ4v) is 1.03. The van der Waals surface area contributed by atoms with Gasteiger partial charge < -0.3 is 13.9 Å². The molecule has 0 saturated carbocycles. The van der Waals surface area contributed by atoms with Crippen molar-refractivity contribution in [3.05, 3.63) is 42.4 Å². The molecule has 0 spiro atoms. The molecule has 5 heteroatoms. The van der Waals surface area contributed by atoms with Crippen molar-refractivity contribution in [1.82, 2.24) is 0 Å². The van der Waals surface area contributed by atoms with Crippen molar-refractivity contribution in [2.45, 2.75) is 20.5 Å². The van der Waals surface area contributed by atoms with Gasteiger partial charge in [-0.1, -0.05) is 13.2 Å². The van der Waals surface area contributed by atoms with Gasteiger partial charge in [0, 0.05) is 12.5 Å². The standard InChI is InChI=1S/C13H14O5/c1-8(2)13(15)17-9(3)12-6-5-11(18-12)7-16-10(4)14/h5-6H,1,3,7H2,2,4H3. The minimum absolute atomic E-state index is 0.0248. The third-order valence-electron chi connectivity index (χ3n) is 1.92. The van der Waals surface area contributed by atoms with Gasteiger partial charge >= 0.3 is 11.9 Å². The van der Waals surface area contributed by atoms with E-state index in [1.807, 2.05) is 0 Å². The lowest BCUT2D eigenvalue weighted by Gasteiger charge is -2.04. The Bertz CT molecular complexity index is 495. The van der Waals surface area contributed by atoms with E-state index < -0.39 is 11.9 Å². The Kier molecular flexibility index (Phi) is 4.48. The van der Waals surface area contributed by atoms with Gasteiger partial charge in [0.05, 0.1) is 0 Å². The summed E-state index contributed by atoms with van der Waals surface area (Å²) in [5.74, 6) is -0.157. The van der Waals surface area contributed by atoms with E-state index in [-0.39, 0.29) is 17.9 Å². The molecule has 1 aromatic rings. The third-order valence-corrected chi connectivity index (χ3v) is 1.92. The predicted octanol–water partition coefficient (Wildman–Crippen LogP) is 2.43. The minimum atomic E-state index is -0.571. The van der Waals surface area contributed by atoms with E-state index >= 15 is 0 Å². The molecule has 0 saturated heterocycles. The summed E-state index contributed by atoms with van der Waals surface area (Å²) in [4.78, 5) is 21.9. The molecule has 0 aliphatic rings. The zero-order valence-corrected chi connectivity index (χ0v) is 10.3. The van der Waals surface area contributed by atoms with Crippen LogP contribution in [0, 0.1) is 0 Å². The molecular weight excluding hydrogens is 236 g/mol. The molecule has 0 atom stereocenters. The number of furan rings is 1. The van der Waals surface area contributed by atoms with Gasteiger partial charge in [0.1, 0.15) is 12.4 Å². The van der Waals surface area contributed by atoms with E-state index in [4.69, 9.17) is 13.9 Å². The summed E-state index contributed by atoms with van der Waals surface area (Å²) in [6.45, 7) is 9.88. The monoisotopic (exact) mass is 250 g/mol. The molecule has 0 N–H and O–H groups in total. The van der Waals surface area contributed by atoms with Crippen molar-refractivity contribution >= 4 is 17.7 Å². The Labute approximate surface area is 105 Å². The normalized spacial score (nSPS) is 9.67. The van der Waals surface area contributed by atoms with Crippen LogP contribution >= 0.6 is 0 Å². The Hall–Kier alpha value is -2.30. The summed E-state index contributed by atoms with van der Waals surface area (Å²) in [5, 5.41) is 0. The van der Waals surface area contributed by atoms with Crippen LogP contribution in [0.3, 0.4) is 0 Å². The third kappa shape index (κ3) is 3.93. The van der Waals surface area contributed by atoms with Crippen LogP contribution < -0.4 is 0 Å². The second kappa shape index (κ2) is 5.86. The molecule has 18 heavy (non-hydrogen) atoms. The molecule has 5 nitrogen and oxygen atoms in total. The van der Waals surface area contributed by atoms with Crippen LogP contribution in [0.1, 0.15) is 25.4 Å². The Morgan fingerprint density at radius 1 is 1.28 bits per heavy atom. The summed E-state index contributed by atoms with van der Waals surface area (Å²) >= 11 is 0. The molecule has 0 aliphatic carbocycles. The molecule has 0 unspecified atom stereocenters. The number of hydrogen-bond donors (Lipinski definition) is 0. The first-order valence-electron chi connectivity index (χ1n) is 5.19. The maximum Gasteiger partial charge on any atom is 0.338 e. The Morgan fingerprint density at radius 2 is 1.94 bits per heavy atom. The average Bonchev–Trinajstić information content (AvgIpc) is 2.74. The number of esters is 2. The minimum Gasteiger partial charge on any atom is -0.458 e. The highest BCUT2D eigenvalue weighted by atomic mass is 16.6. The van der Waals surface area contributed by atoms with Gasteiger partial charge in [-0.25, -0.2) is 4.79 Å². The van der Waals surface area contributed by atoms with Gasteiger partial charge in [-0.3, -0.25) is 4.79 Å². The highest BCUT2D eigenvalue weighted by molar-refractivity contribution is 5.90. The lowest BCUT2D eigenvalue weighted by atomic mass is 10.3. The van der Waals surface area contributed by atoms with Crippen molar-refractivity contribution in [2.75, 3.05) is 0 Å². The molecule has 1 aromatic heterocycles. The van der Waals surface area contributed by atoms with Crippen molar-refractivity contribution in [2.24, 2.45) is 0 Å². The summed E-state index contributed by atoms with van der Waals surface area (Å²) in [6.07, 6.45) is 0. The van der Waals surface area contributed by atoms with Crippen molar-refractivity contribution in [3.63, 3.8) is 0 Å². The average molecular weight is 250 g/mol. The molecule has 96 valence electrons. The zero-order valence-electron chi connectivity index (χ0n) is 10.3. The van der Waals surface area contributed by atoms with E-state index in [0.717, 1.165) is 0 Å². The summed E-state index contributed by atoms with van der Waals surface area (Å²) < 4.78 is 15.0. The van der Waals surface area contributed by atoms with Crippen LogP contribution in [0.5, 0.6) is 0 Å². The molecule has 0 aliphatic heterocycles. The molecule has 0 aromatic carbocycles. The van der Waals surface area contributed by atoms with Gasteiger partial charge in [-0.05, 0) is 19.1 Å². The van der Waals surface area contributed by atoms with Crippen LogP contribution in [-0.2, 0) is 25.7 Å². The Balaban J connectivity index is 2.62. The van der Waals surface area contributed by atoms with E-state index in [2.05, 4.69) is 13.2 Å². The van der Waals surface area contributed by atoms with E-state index in [1.165, 1.54) is 13.8 Å². The first kappa shape index (κ1) is 13.8. The summed E-state index contributed by atoms with van der Waals surface area (Å²) in [6, 6.07) is 3.19. The van der Waals surface area contributed by atoms with Gasteiger partial charge in [-0.15, -0.1) is 0 Å². The fourth-order valence-electron chi connectivity index (χ4n) is 1.03. The highest BCUT2D eigenvalue weighted by Crippen LogP contribution is 2.19. The highest BCUT2D eigenvalue weighted by Gasteiger charge is 2.12. The predicted molar refractivity (Wildman–Crippen MR) is 64.1 cm³/mol. The van der Waals surface area contributed by atoms with E-state index in [1.54, 1.807) is 12.1 Å². The van der Waals surface area contributed by atoms with Crippen LogP contribution in [0.15, 0.2) is 35.3 Å². The SMILES string of the molecule is C=C(C)C(=O)OC(=C)c1ccc(COC(C)=O)o1. The largest absolute Gasteiger partial charge is 0.458 e. The molecular formula is C13H14O5. The lowest BCUT2D eigenvalue weighted by Crippen LogP contribution is -2.03. The first-order chi connectivity index (χ1) is 8.40. The molecule has 0 amide bonds. The maximum atomic E-state index is 11.3. The molecule has 0 radical (unpaired) electrons. The second-order valence-electron chi connectivity index (χ2n) is 3.64. The number of ether oxygens (including phenoxy) is 2. The number of hydrogen-bond acceptors (Lipinski definition) is 5. The molecule has 0 bridgehead atoms. The van der Waals surface area contributed by atoms with E-state index in [0.29, 0.717) is 11.5 Å². The maximum absolute atomic E-state index is 11.3. The van der Waals surface area contributed by atoms with Gasteiger partial charge in [0.25, 0.3) is 0 Å². The molecule has 1 rings (SSSR count). The van der Waals surface area contributed by atoms with Crippen molar-refractivity contribution in [3.8, 4) is 0 Å². The topological polar surface area (TPSA) is 65.7 Å². The van der Waals surface area contributed by atoms with Crippen LogP contribution in [0.4, 0.5) is 0 Å².